The third-order valence-electron chi connectivity index (χ3n) is 4.97. The number of aromatic hydroxyl groups is 1. The zero-order chi connectivity index (χ0) is 14.3. The topological polar surface area (TPSA) is 46.5 Å². The van der Waals surface area contributed by atoms with Crippen LogP contribution < -0.4 is 4.74 Å². The van der Waals surface area contributed by atoms with E-state index in [1.165, 1.54) is 25.7 Å². The summed E-state index contributed by atoms with van der Waals surface area (Å²) in [5.74, 6) is 2.96. The molecule has 2 fully saturated rings. The SMILES string of the molecule is C[C@@H](c1cc(OC=O)cc([C@H](C)C2CC2)c1O)C1CC1. The highest BCUT2D eigenvalue weighted by Crippen LogP contribution is 2.50. The van der Waals surface area contributed by atoms with Crippen LogP contribution in [0, 0.1) is 11.8 Å². The Morgan fingerprint density at radius 3 is 1.90 bits per heavy atom. The Labute approximate surface area is 120 Å². The van der Waals surface area contributed by atoms with Gasteiger partial charge < -0.3 is 9.84 Å². The molecule has 20 heavy (non-hydrogen) atoms. The van der Waals surface area contributed by atoms with Gasteiger partial charge in [0.1, 0.15) is 11.5 Å². The second kappa shape index (κ2) is 5.12. The fraction of sp³-hybridized carbons (Fsp3) is 0.588. The lowest BCUT2D eigenvalue weighted by molar-refractivity contribution is -0.120. The molecule has 3 heteroatoms. The van der Waals surface area contributed by atoms with Crippen LogP contribution in [0.15, 0.2) is 12.1 Å². The van der Waals surface area contributed by atoms with E-state index in [-0.39, 0.29) is 0 Å². The Kier molecular flexibility index (Phi) is 3.45. The lowest BCUT2D eigenvalue weighted by Crippen LogP contribution is -2.04. The molecule has 1 aromatic rings. The first-order valence-corrected chi connectivity index (χ1v) is 7.59. The summed E-state index contributed by atoms with van der Waals surface area (Å²) in [4.78, 5) is 10.6. The van der Waals surface area contributed by atoms with Crippen LogP contribution in [0.4, 0.5) is 0 Å². The normalized spacial score (nSPS) is 21.3. The molecule has 2 aliphatic rings. The summed E-state index contributed by atoms with van der Waals surface area (Å²) in [7, 11) is 0. The molecule has 0 saturated heterocycles. The molecule has 1 aromatic carbocycles. The smallest absolute Gasteiger partial charge is 0.298 e. The Morgan fingerprint density at radius 1 is 1.10 bits per heavy atom. The average molecular weight is 274 g/mol. The Balaban J connectivity index is 1.99. The number of phenols is 1. The summed E-state index contributed by atoms with van der Waals surface area (Å²) in [5.41, 5.74) is 1.88. The van der Waals surface area contributed by atoms with E-state index in [4.69, 9.17) is 4.74 Å². The maximum atomic E-state index is 10.6. The van der Waals surface area contributed by atoms with Gasteiger partial charge in [-0.05, 0) is 61.5 Å². The molecule has 0 radical (unpaired) electrons. The van der Waals surface area contributed by atoms with Crippen molar-refractivity contribution in [3.8, 4) is 11.5 Å². The third-order valence-corrected chi connectivity index (χ3v) is 4.97. The van der Waals surface area contributed by atoms with E-state index in [1.807, 2.05) is 12.1 Å². The number of carbonyl (C=O) groups is 1. The number of phenolic OH excluding ortho intramolecular Hbond substituents is 1. The summed E-state index contributed by atoms with van der Waals surface area (Å²) in [6, 6.07) is 3.66. The fourth-order valence-electron chi connectivity index (χ4n) is 3.17. The van der Waals surface area contributed by atoms with Crippen LogP contribution in [-0.4, -0.2) is 11.6 Å². The molecule has 3 rings (SSSR count). The van der Waals surface area contributed by atoms with Gasteiger partial charge in [-0.2, -0.15) is 0 Å². The molecule has 0 heterocycles. The fourth-order valence-corrected chi connectivity index (χ4v) is 3.17. The summed E-state index contributed by atoms with van der Waals surface area (Å²) >= 11 is 0. The number of ether oxygens (including phenoxy) is 1. The minimum Gasteiger partial charge on any atom is -0.507 e. The molecular weight excluding hydrogens is 252 g/mol. The average Bonchev–Trinajstić information content (AvgIpc) is 3.31. The van der Waals surface area contributed by atoms with Gasteiger partial charge in [-0.15, -0.1) is 0 Å². The first-order chi connectivity index (χ1) is 9.61. The van der Waals surface area contributed by atoms with Crippen molar-refractivity contribution in [3.05, 3.63) is 23.3 Å². The van der Waals surface area contributed by atoms with Crippen molar-refractivity contribution in [1.29, 1.82) is 0 Å². The summed E-state index contributed by atoms with van der Waals surface area (Å²) < 4.78 is 5.05. The molecule has 2 saturated carbocycles. The highest BCUT2D eigenvalue weighted by molar-refractivity contribution is 5.54. The van der Waals surface area contributed by atoms with Gasteiger partial charge in [-0.1, -0.05) is 13.8 Å². The Morgan fingerprint density at radius 2 is 1.55 bits per heavy atom. The van der Waals surface area contributed by atoms with E-state index in [0.717, 1.165) is 11.1 Å². The van der Waals surface area contributed by atoms with E-state index in [9.17, 15) is 9.90 Å². The van der Waals surface area contributed by atoms with Gasteiger partial charge in [0, 0.05) is 11.1 Å². The molecule has 0 spiro atoms. The van der Waals surface area contributed by atoms with Crippen molar-refractivity contribution < 1.29 is 14.6 Å². The molecule has 2 aliphatic carbocycles. The van der Waals surface area contributed by atoms with Crippen molar-refractivity contribution >= 4 is 6.47 Å². The van der Waals surface area contributed by atoms with Gasteiger partial charge in [0.05, 0.1) is 0 Å². The van der Waals surface area contributed by atoms with Crippen molar-refractivity contribution in [2.45, 2.75) is 51.4 Å². The molecule has 3 nitrogen and oxygen atoms in total. The van der Waals surface area contributed by atoms with E-state index in [0.29, 0.717) is 41.6 Å². The molecule has 0 amide bonds. The third kappa shape index (κ3) is 2.54. The van der Waals surface area contributed by atoms with Crippen LogP contribution in [0.2, 0.25) is 0 Å². The summed E-state index contributed by atoms with van der Waals surface area (Å²) in [6.07, 6.45) is 4.92. The highest BCUT2D eigenvalue weighted by Gasteiger charge is 2.34. The maximum absolute atomic E-state index is 10.6. The number of carbonyl (C=O) groups excluding carboxylic acids is 1. The van der Waals surface area contributed by atoms with Crippen LogP contribution in [0.5, 0.6) is 11.5 Å². The zero-order valence-corrected chi connectivity index (χ0v) is 12.1. The largest absolute Gasteiger partial charge is 0.507 e. The monoisotopic (exact) mass is 274 g/mol. The van der Waals surface area contributed by atoms with Crippen LogP contribution in [0.3, 0.4) is 0 Å². The summed E-state index contributed by atoms with van der Waals surface area (Å²) in [6.45, 7) is 4.77. The first-order valence-electron chi connectivity index (χ1n) is 7.59. The van der Waals surface area contributed by atoms with Gasteiger partial charge >= 0.3 is 0 Å². The molecule has 1 N–H and O–H groups in total. The molecule has 2 atom stereocenters. The van der Waals surface area contributed by atoms with Crippen LogP contribution in [0.1, 0.15) is 62.5 Å². The summed E-state index contributed by atoms with van der Waals surface area (Å²) in [5, 5.41) is 10.6. The maximum Gasteiger partial charge on any atom is 0.298 e. The number of rotatable bonds is 6. The van der Waals surface area contributed by atoms with Crippen LogP contribution >= 0.6 is 0 Å². The van der Waals surface area contributed by atoms with Gasteiger partial charge in [0.25, 0.3) is 6.47 Å². The van der Waals surface area contributed by atoms with Gasteiger partial charge in [-0.25, -0.2) is 0 Å². The number of hydrogen-bond donors (Lipinski definition) is 1. The molecule has 0 aliphatic heterocycles. The second-order valence-corrected chi connectivity index (χ2v) is 6.42. The van der Waals surface area contributed by atoms with Crippen molar-refractivity contribution in [3.63, 3.8) is 0 Å². The predicted octanol–water partition coefficient (Wildman–Crippen LogP) is 3.95. The van der Waals surface area contributed by atoms with E-state index >= 15 is 0 Å². The van der Waals surface area contributed by atoms with Crippen LogP contribution in [0.25, 0.3) is 0 Å². The van der Waals surface area contributed by atoms with Gasteiger partial charge in [0.15, 0.2) is 0 Å². The Bertz CT molecular complexity index is 476. The molecule has 108 valence electrons. The minimum absolute atomic E-state index is 0.329. The van der Waals surface area contributed by atoms with Gasteiger partial charge in [-0.3, -0.25) is 4.79 Å². The van der Waals surface area contributed by atoms with Gasteiger partial charge in [0.2, 0.25) is 0 Å². The molecule has 0 unspecified atom stereocenters. The lowest BCUT2D eigenvalue weighted by atomic mass is 9.88. The van der Waals surface area contributed by atoms with Crippen molar-refractivity contribution in [2.75, 3.05) is 0 Å². The zero-order valence-electron chi connectivity index (χ0n) is 12.1. The predicted molar refractivity (Wildman–Crippen MR) is 77.1 cm³/mol. The van der Waals surface area contributed by atoms with E-state index in [2.05, 4.69) is 13.8 Å². The standard InChI is InChI=1S/C17H22O3/c1-10(12-3-4-12)15-7-14(20-9-18)8-16(17(15)19)11(2)13-5-6-13/h7-13,19H,3-6H2,1-2H3/t10-,11-/m1/s1. The first kappa shape index (κ1) is 13.5. The van der Waals surface area contributed by atoms with E-state index < -0.39 is 0 Å². The number of benzene rings is 1. The highest BCUT2D eigenvalue weighted by atomic mass is 16.5. The number of hydrogen-bond acceptors (Lipinski definition) is 3. The quantitative estimate of drug-likeness (QED) is 0.799. The minimum atomic E-state index is 0.329. The lowest BCUT2D eigenvalue weighted by Gasteiger charge is -2.20. The second-order valence-electron chi connectivity index (χ2n) is 6.42. The molecule has 0 aromatic heterocycles. The molecule has 0 bridgehead atoms. The van der Waals surface area contributed by atoms with Crippen molar-refractivity contribution in [2.24, 2.45) is 11.8 Å². The Hall–Kier alpha value is -1.51. The molecular formula is C17H22O3. The van der Waals surface area contributed by atoms with Crippen LogP contribution in [-0.2, 0) is 4.79 Å². The van der Waals surface area contributed by atoms with E-state index in [1.54, 1.807) is 0 Å². The van der Waals surface area contributed by atoms with Crippen molar-refractivity contribution in [1.82, 2.24) is 0 Å².